The zero-order valence-corrected chi connectivity index (χ0v) is 5.84. The van der Waals surface area contributed by atoms with Crippen LogP contribution in [0.2, 0.25) is 0 Å². The summed E-state index contributed by atoms with van der Waals surface area (Å²) >= 11 is 0. The van der Waals surface area contributed by atoms with Gasteiger partial charge < -0.3 is 0 Å². The van der Waals surface area contributed by atoms with Crippen LogP contribution in [0.25, 0.3) is 10.8 Å². The summed E-state index contributed by atoms with van der Waals surface area (Å²) in [7, 11) is 0. The molecule has 53 valence electrons. The Hall–Kier alpha value is -1.37. The van der Waals surface area contributed by atoms with Gasteiger partial charge in [0, 0.05) is 0 Å². The van der Waals surface area contributed by atoms with Gasteiger partial charge in [0.15, 0.2) is 0 Å². The predicted molar refractivity (Wildman–Crippen MR) is 42.7 cm³/mol. The molecule has 0 spiro atoms. The maximum Gasteiger partial charge on any atom is 0.124 e. The Labute approximate surface area is 64.3 Å². The minimum Gasteiger partial charge on any atom is -0.207 e. The van der Waals surface area contributed by atoms with E-state index < -0.39 is 0 Å². The van der Waals surface area contributed by atoms with Gasteiger partial charge in [-0.15, -0.1) is 0 Å². The van der Waals surface area contributed by atoms with Gasteiger partial charge in [-0.1, -0.05) is 24.3 Å². The van der Waals surface area contributed by atoms with Crippen molar-refractivity contribution in [2.24, 2.45) is 0 Å². The number of hydrogen-bond acceptors (Lipinski definition) is 0. The third-order valence-electron chi connectivity index (χ3n) is 1.62. The number of hydrogen-bond donors (Lipinski definition) is 0. The summed E-state index contributed by atoms with van der Waals surface area (Å²) in [6, 6.07) is 13.3. The van der Waals surface area contributed by atoms with Gasteiger partial charge in [0.2, 0.25) is 0 Å². The molecule has 0 heterocycles. The quantitative estimate of drug-likeness (QED) is 0.534. The molecule has 0 saturated carbocycles. The highest BCUT2D eigenvalue weighted by Gasteiger charge is 1.92. The van der Waals surface area contributed by atoms with Gasteiger partial charge in [-0.25, -0.2) is 4.39 Å². The Morgan fingerprint density at radius 1 is 1.18 bits per heavy atom. The van der Waals surface area contributed by atoms with E-state index in [1.165, 1.54) is 12.1 Å². The van der Waals surface area contributed by atoms with Crippen LogP contribution in [-0.2, 0) is 0 Å². The van der Waals surface area contributed by atoms with Crippen molar-refractivity contribution in [1.29, 1.82) is 0 Å². The molecule has 0 aliphatic rings. The second-order valence-corrected chi connectivity index (χ2v) is 2.41. The van der Waals surface area contributed by atoms with Crippen LogP contribution in [0.1, 0.15) is 0 Å². The molecular weight excluding hydrogens is 139 g/mol. The highest BCUT2D eigenvalue weighted by Crippen LogP contribution is 2.13. The van der Waals surface area contributed by atoms with E-state index >= 15 is 0 Å². The minimum atomic E-state index is -0.233. The molecule has 0 aromatic heterocycles. The van der Waals surface area contributed by atoms with Crippen molar-refractivity contribution >= 4 is 10.8 Å². The fourth-order valence-electron chi connectivity index (χ4n) is 1.09. The second-order valence-electron chi connectivity index (χ2n) is 2.41. The van der Waals surface area contributed by atoms with E-state index in [1.54, 1.807) is 0 Å². The van der Waals surface area contributed by atoms with E-state index in [1.807, 2.05) is 24.3 Å². The number of halogens is 1. The van der Waals surface area contributed by atoms with E-state index in [0.29, 0.717) is 0 Å². The average Bonchev–Trinajstić information content (AvgIpc) is 2.04. The number of fused-ring (bicyclic) bond motifs is 1. The summed E-state index contributed by atoms with van der Waals surface area (Å²) in [5, 5.41) is 1.85. The fraction of sp³-hybridized carbons (Fsp3) is 0. The van der Waals surface area contributed by atoms with E-state index in [0.717, 1.165) is 10.8 Å². The lowest BCUT2D eigenvalue weighted by Gasteiger charge is -1.94. The molecule has 0 atom stereocenters. The highest BCUT2D eigenvalue weighted by molar-refractivity contribution is 5.81. The van der Waals surface area contributed by atoms with Gasteiger partial charge in [-0.2, -0.15) is 0 Å². The summed E-state index contributed by atoms with van der Waals surface area (Å²) < 4.78 is 12.6. The van der Waals surface area contributed by atoms with Gasteiger partial charge in [0.25, 0.3) is 0 Å². The third kappa shape index (κ3) is 1.09. The molecule has 0 nitrogen and oxygen atoms in total. The van der Waals surface area contributed by atoms with Crippen LogP contribution in [0.3, 0.4) is 0 Å². The van der Waals surface area contributed by atoms with Crippen LogP contribution in [0, 0.1) is 11.9 Å². The van der Waals surface area contributed by atoms with Crippen LogP contribution < -0.4 is 0 Å². The summed E-state index contributed by atoms with van der Waals surface area (Å²) in [6.45, 7) is 0. The summed E-state index contributed by atoms with van der Waals surface area (Å²) in [6.07, 6.45) is 0. The Kier molecular flexibility index (Phi) is 1.35. The minimum absolute atomic E-state index is 0.233. The predicted octanol–water partition coefficient (Wildman–Crippen LogP) is 2.78. The molecule has 2 aromatic carbocycles. The largest absolute Gasteiger partial charge is 0.207 e. The Morgan fingerprint density at radius 2 is 2.00 bits per heavy atom. The van der Waals surface area contributed by atoms with Gasteiger partial charge in [0.1, 0.15) is 5.82 Å². The molecule has 1 radical (unpaired) electrons. The third-order valence-corrected chi connectivity index (χ3v) is 1.62. The average molecular weight is 145 g/mol. The van der Waals surface area contributed by atoms with Crippen molar-refractivity contribution in [1.82, 2.24) is 0 Å². The maximum atomic E-state index is 12.6. The van der Waals surface area contributed by atoms with E-state index in [-0.39, 0.29) is 5.82 Å². The van der Waals surface area contributed by atoms with Crippen molar-refractivity contribution in [3.05, 3.63) is 48.3 Å². The van der Waals surface area contributed by atoms with Crippen LogP contribution in [0.15, 0.2) is 36.4 Å². The molecule has 2 aromatic rings. The topological polar surface area (TPSA) is 0 Å². The molecule has 11 heavy (non-hydrogen) atoms. The molecule has 0 aliphatic heterocycles. The zero-order chi connectivity index (χ0) is 7.68. The highest BCUT2D eigenvalue weighted by atomic mass is 19.1. The van der Waals surface area contributed by atoms with Crippen LogP contribution >= 0.6 is 0 Å². The maximum absolute atomic E-state index is 12.6. The van der Waals surface area contributed by atoms with Crippen molar-refractivity contribution in [3.63, 3.8) is 0 Å². The Bertz CT molecular complexity index is 379. The SMILES string of the molecule is Fc1c[c]c2ccccc2c1. The van der Waals surface area contributed by atoms with Gasteiger partial charge in [0.05, 0.1) is 0 Å². The first-order chi connectivity index (χ1) is 5.36. The molecule has 2 rings (SSSR count). The van der Waals surface area contributed by atoms with Crippen molar-refractivity contribution in [2.75, 3.05) is 0 Å². The first-order valence-electron chi connectivity index (χ1n) is 3.42. The molecule has 0 N–H and O–H groups in total. The van der Waals surface area contributed by atoms with Gasteiger partial charge in [-0.3, -0.25) is 0 Å². The number of rotatable bonds is 0. The van der Waals surface area contributed by atoms with E-state index in [4.69, 9.17) is 0 Å². The van der Waals surface area contributed by atoms with Gasteiger partial charge in [-0.05, 0) is 29.0 Å². The fourth-order valence-corrected chi connectivity index (χ4v) is 1.09. The lowest BCUT2D eigenvalue weighted by Crippen LogP contribution is -1.74. The Balaban J connectivity index is 2.83. The molecule has 0 saturated heterocycles. The standard InChI is InChI=1S/C10H6F/c11-10-6-5-8-3-1-2-4-9(8)7-10/h1-4,6-7H. The van der Waals surface area contributed by atoms with Crippen molar-refractivity contribution in [2.45, 2.75) is 0 Å². The second kappa shape index (κ2) is 2.35. The Morgan fingerprint density at radius 3 is 2.91 bits per heavy atom. The van der Waals surface area contributed by atoms with Crippen LogP contribution in [-0.4, -0.2) is 0 Å². The molecule has 0 unspecified atom stereocenters. The van der Waals surface area contributed by atoms with Crippen LogP contribution in [0.4, 0.5) is 4.39 Å². The molecule has 0 bridgehead atoms. The molecule has 0 aliphatic carbocycles. The molecular formula is C10H6F. The monoisotopic (exact) mass is 145 g/mol. The van der Waals surface area contributed by atoms with E-state index in [9.17, 15) is 4.39 Å². The summed E-state index contributed by atoms with van der Waals surface area (Å²) in [4.78, 5) is 0. The van der Waals surface area contributed by atoms with E-state index in [2.05, 4.69) is 6.07 Å². The lowest BCUT2D eigenvalue weighted by molar-refractivity contribution is 0.629. The summed E-state index contributed by atoms with van der Waals surface area (Å²) in [5.41, 5.74) is 0. The summed E-state index contributed by atoms with van der Waals surface area (Å²) in [5.74, 6) is -0.233. The van der Waals surface area contributed by atoms with Crippen LogP contribution in [0.5, 0.6) is 0 Å². The lowest BCUT2D eigenvalue weighted by atomic mass is 10.1. The zero-order valence-electron chi connectivity index (χ0n) is 5.84. The molecule has 0 fully saturated rings. The first-order valence-corrected chi connectivity index (χ1v) is 3.42. The first kappa shape index (κ1) is 6.35. The molecule has 0 amide bonds. The number of benzene rings is 2. The van der Waals surface area contributed by atoms with Crippen molar-refractivity contribution in [3.8, 4) is 0 Å². The smallest absolute Gasteiger partial charge is 0.124 e. The van der Waals surface area contributed by atoms with Crippen molar-refractivity contribution < 1.29 is 4.39 Å². The normalized spacial score (nSPS) is 10.3. The van der Waals surface area contributed by atoms with Gasteiger partial charge >= 0.3 is 0 Å². The molecule has 1 heteroatoms.